The van der Waals surface area contributed by atoms with Crippen molar-refractivity contribution in [3.63, 3.8) is 0 Å². The maximum atomic E-state index is 6.14. The van der Waals surface area contributed by atoms with E-state index in [4.69, 9.17) is 16.0 Å². The van der Waals surface area contributed by atoms with E-state index in [1.165, 1.54) is 0 Å². The van der Waals surface area contributed by atoms with Crippen LogP contribution in [0.5, 0.6) is 0 Å². The summed E-state index contributed by atoms with van der Waals surface area (Å²) in [5.41, 5.74) is 2.08. The zero-order chi connectivity index (χ0) is 11.4. The minimum absolute atomic E-state index is 0.0549. The Bertz CT molecular complexity index is 442. The lowest BCUT2D eigenvalue weighted by atomic mass is 10.0. The molecule has 2 aromatic heterocycles. The van der Waals surface area contributed by atoms with Crippen LogP contribution in [-0.4, -0.2) is 11.5 Å². The summed E-state index contributed by atoms with van der Waals surface area (Å²) in [6.45, 7) is 2.91. The van der Waals surface area contributed by atoms with Crippen LogP contribution in [0.3, 0.4) is 0 Å². The molecular weight excluding hydrogens is 224 g/mol. The van der Waals surface area contributed by atoms with Crippen molar-refractivity contribution in [2.45, 2.75) is 13.0 Å². The van der Waals surface area contributed by atoms with Crippen LogP contribution in [0.1, 0.15) is 24.1 Å². The van der Waals surface area contributed by atoms with E-state index >= 15 is 0 Å². The third-order valence-corrected chi connectivity index (χ3v) is 2.72. The van der Waals surface area contributed by atoms with E-state index in [1.807, 2.05) is 12.1 Å². The second kappa shape index (κ2) is 5.14. The van der Waals surface area contributed by atoms with Gasteiger partial charge in [-0.2, -0.15) is 0 Å². The summed E-state index contributed by atoms with van der Waals surface area (Å²) in [6.07, 6.45) is 6.78. The van der Waals surface area contributed by atoms with E-state index in [1.54, 1.807) is 24.9 Å². The van der Waals surface area contributed by atoms with Crippen molar-refractivity contribution >= 4 is 11.6 Å². The Morgan fingerprint density at radius 2 is 2.38 bits per heavy atom. The first-order valence-corrected chi connectivity index (χ1v) is 5.55. The van der Waals surface area contributed by atoms with Crippen LogP contribution < -0.4 is 5.32 Å². The molecule has 0 aliphatic carbocycles. The van der Waals surface area contributed by atoms with E-state index in [2.05, 4.69) is 17.2 Å². The standard InChI is InChI=1S/C12H13ClN2O/c1-2-15-12(9-4-6-16-8-9)10-3-5-14-7-11(10)13/h3-8,12,15H,2H2,1H3. The van der Waals surface area contributed by atoms with Gasteiger partial charge in [0.15, 0.2) is 0 Å². The summed E-state index contributed by atoms with van der Waals surface area (Å²) in [7, 11) is 0. The van der Waals surface area contributed by atoms with Crippen LogP contribution in [0, 0.1) is 0 Å². The zero-order valence-corrected chi connectivity index (χ0v) is 9.74. The molecule has 0 fully saturated rings. The van der Waals surface area contributed by atoms with E-state index < -0.39 is 0 Å². The molecule has 0 aliphatic rings. The van der Waals surface area contributed by atoms with Crippen LogP contribution in [0.25, 0.3) is 0 Å². The van der Waals surface area contributed by atoms with E-state index in [9.17, 15) is 0 Å². The van der Waals surface area contributed by atoms with Crippen molar-refractivity contribution in [3.8, 4) is 0 Å². The number of rotatable bonds is 4. The molecule has 0 saturated heterocycles. The number of nitrogens with one attached hydrogen (secondary N) is 1. The number of hydrogen-bond donors (Lipinski definition) is 1. The van der Waals surface area contributed by atoms with Crippen LogP contribution >= 0.6 is 11.6 Å². The Morgan fingerprint density at radius 1 is 1.50 bits per heavy atom. The topological polar surface area (TPSA) is 38.1 Å². The molecule has 2 rings (SSSR count). The Balaban J connectivity index is 2.37. The molecule has 4 heteroatoms. The Kier molecular flexibility index (Phi) is 3.59. The van der Waals surface area contributed by atoms with Gasteiger partial charge in [-0.1, -0.05) is 18.5 Å². The highest BCUT2D eigenvalue weighted by molar-refractivity contribution is 6.31. The number of furan rings is 1. The first-order chi connectivity index (χ1) is 7.83. The van der Waals surface area contributed by atoms with Gasteiger partial charge in [-0.15, -0.1) is 0 Å². The number of hydrogen-bond acceptors (Lipinski definition) is 3. The minimum Gasteiger partial charge on any atom is -0.472 e. The zero-order valence-electron chi connectivity index (χ0n) is 8.98. The van der Waals surface area contributed by atoms with Gasteiger partial charge in [0.25, 0.3) is 0 Å². The summed E-state index contributed by atoms with van der Waals surface area (Å²) in [6, 6.07) is 3.91. The normalized spacial score (nSPS) is 12.6. The number of pyridine rings is 1. The molecule has 1 N–H and O–H groups in total. The van der Waals surface area contributed by atoms with Gasteiger partial charge in [0.1, 0.15) is 0 Å². The van der Waals surface area contributed by atoms with Crippen LogP contribution in [0.4, 0.5) is 0 Å². The molecular formula is C12H13ClN2O. The van der Waals surface area contributed by atoms with Gasteiger partial charge in [0.2, 0.25) is 0 Å². The molecule has 2 aromatic rings. The van der Waals surface area contributed by atoms with Crippen molar-refractivity contribution < 1.29 is 4.42 Å². The molecule has 84 valence electrons. The van der Waals surface area contributed by atoms with Gasteiger partial charge in [-0.25, -0.2) is 0 Å². The van der Waals surface area contributed by atoms with Gasteiger partial charge >= 0.3 is 0 Å². The molecule has 2 heterocycles. The van der Waals surface area contributed by atoms with Crippen molar-refractivity contribution in [3.05, 3.63) is 53.2 Å². The van der Waals surface area contributed by atoms with Crippen molar-refractivity contribution in [2.75, 3.05) is 6.54 Å². The fraction of sp³-hybridized carbons (Fsp3) is 0.250. The largest absolute Gasteiger partial charge is 0.472 e. The SMILES string of the molecule is CCNC(c1ccoc1)c1ccncc1Cl. The molecule has 0 amide bonds. The summed E-state index contributed by atoms with van der Waals surface area (Å²) >= 11 is 6.14. The second-order valence-electron chi connectivity index (χ2n) is 3.44. The third kappa shape index (κ3) is 2.26. The molecule has 16 heavy (non-hydrogen) atoms. The van der Waals surface area contributed by atoms with Crippen molar-refractivity contribution in [1.29, 1.82) is 0 Å². The first kappa shape index (κ1) is 11.2. The minimum atomic E-state index is 0.0549. The monoisotopic (exact) mass is 236 g/mol. The molecule has 0 aromatic carbocycles. The van der Waals surface area contributed by atoms with Gasteiger partial charge in [0.05, 0.1) is 23.6 Å². The maximum absolute atomic E-state index is 6.14. The highest BCUT2D eigenvalue weighted by atomic mass is 35.5. The Labute approximate surface area is 99.5 Å². The quantitative estimate of drug-likeness (QED) is 0.887. The smallest absolute Gasteiger partial charge is 0.0953 e. The Morgan fingerprint density at radius 3 is 3.00 bits per heavy atom. The average Bonchev–Trinajstić information content (AvgIpc) is 2.80. The predicted octanol–water partition coefficient (Wildman–Crippen LogP) is 3.03. The van der Waals surface area contributed by atoms with Crippen molar-refractivity contribution in [2.24, 2.45) is 0 Å². The maximum Gasteiger partial charge on any atom is 0.0953 e. The molecule has 0 aliphatic heterocycles. The summed E-state index contributed by atoms with van der Waals surface area (Å²) in [5, 5.41) is 4.03. The molecule has 0 spiro atoms. The lowest BCUT2D eigenvalue weighted by Gasteiger charge is -2.17. The average molecular weight is 237 g/mol. The highest BCUT2D eigenvalue weighted by Gasteiger charge is 2.16. The number of aromatic nitrogens is 1. The van der Waals surface area contributed by atoms with Gasteiger partial charge in [0, 0.05) is 18.0 Å². The first-order valence-electron chi connectivity index (χ1n) is 5.17. The molecule has 1 atom stereocenters. The number of nitrogens with zero attached hydrogens (tertiary/aromatic N) is 1. The molecule has 0 saturated carbocycles. The molecule has 0 radical (unpaired) electrons. The van der Waals surface area contributed by atoms with E-state index in [0.717, 1.165) is 17.7 Å². The van der Waals surface area contributed by atoms with E-state index in [-0.39, 0.29) is 6.04 Å². The fourth-order valence-electron chi connectivity index (χ4n) is 1.67. The van der Waals surface area contributed by atoms with Crippen molar-refractivity contribution in [1.82, 2.24) is 10.3 Å². The second-order valence-corrected chi connectivity index (χ2v) is 3.85. The molecule has 3 nitrogen and oxygen atoms in total. The highest BCUT2D eigenvalue weighted by Crippen LogP contribution is 2.27. The van der Waals surface area contributed by atoms with Crippen LogP contribution in [0.2, 0.25) is 5.02 Å². The third-order valence-electron chi connectivity index (χ3n) is 2.40. The van der Waals surface area contributed by atoms with Gasteiger partial charge in [-0.05, 0) is 24.2 Å². The summed E-state index contributed by atoms with van der Waals surface area (Å²) in [4.78, 5) is 3.99. The molecule has 1 unspecified atom stereocenters. The lowest BCUT2D eigenvalue weighted by molar-refractivity contribution is 0.553. The summed E-state index contributed by atoms with van der Waals surface area (Å²) in [5.74, 6) is 0. The lowest BCUT2D eigenvalue weighted by Crippen LogP contribution is -2.21. The van der Waals surface area contributed by atoms with Crippen LogP contribution in [-0.2, 0) is 0 Å². The predicted molar refractivity (Wildman–Crippen MR) is 63.5 cm³/mol. The Hall–Kier alpha value is -1.32. The van der Waals surface area contributed by atoms with Gasteiger partial charge in [-0.3, -0.25) is 4.98 Å². The number of halogens is 1. The van der Waals surface area contributed by atoms with E-state index in [0.29, 0.717) is 5.02 Å². The summed E-state index contributed by atoms with van der Waals surface area (Å²) < 4.78 is 5.10. The molecule has 0 bridgehead atoms. The van der Waals surface area contributed by atoms with Gasteiger partial charge < -0.3 is 9.73 Å². The fourth-order valence-corrected chi connectivity index (χ4v) is 1.90. The van der Waals surface area contributed by atoms with Crippen LogP contribution in [0.15, 0.2) is 41.5 Å².